The van der Waals surface area contributed by atoms with E-state index >= 15 is 0 Å². The normalized spacial score (nSPS) is 10.6. The number of unbranched alkanes of at least 4 members (excludes halogenated alkanes) is 4. The van der Waals surface area contributed by atoms with Gasteiger partial charge in [0.05, 0.1) is 35.5 Å². The van der Waals surface area contributed by atoms with Crippen LogP contribution in [0.4, 0.5) is 0 Å². The second-order valence-electron chi connectivity index (χ2n) is 10.7. The number of carboxylic acids is 3. The molecule has 0 aliphatic rings. The van der Waals surface area contributed by atoms with E-state index in [0.717, 1.165) is 19.3 Å². The van der Waals surface area contributed by atoms with Crippen LogP contribution in [0.3, 0.4) is 0 Å². The second kappa shape index (κ2) is 20.2. The van der Waals surface area contributed by atoms with Gasteiger partial charge in [-0.25, -0.2) is 19.2 Å². The molecule has 4 N–H and O–H groups in total. The fraction of sp³-hybridized carbons (Fsp3) is 0.438. The van der Waals surface area contributed by atoms with Gasteiger partial charge in [0.1, 0.15) is 13.2 Å². The van der Waals surface area contributed by atoms with E-state index in [0.29, 0.717) is 12.8 Å². The third-order valence-corrected chi connectivity index (χ3v) is 6.09. The standard InChI is InChI=1S/C19H24O8.C13H16O5/c20-16(21)9-4-2-1-3-5-10-17(22)26-11-12-27-19(25)15-8-6-7-14(13-15)18(23)24;1-13(2,7-14)8-18-12(17)10-5-3-9(4-6-10)11(15)16/h6-8,13H,1-5,9-12H2,(H,20,21)(H,23,24);3-6,14H,7-8H2,1-2H3,(H,15,16). The first-order valence-corrected chi connectivity index (χ1v) is 14.2. The van der Waals surface area contributed by atoms with Crippen LogP contribution >= 0.6 is 0 Å². The van der Waals surface area contributed by atoms with Crippen LogP contribution in [0.1, 0.15) is 100 Å². The number of hydrogen-bond donors (Lipinski definition) is 4. The number of esters is 3. The summed E-state index contributed by atoms with van der Waals surface area (Å²) in [7, 11) is 0. The summed E-state index contributed by atoms with van der Waals surface area (Å²) in [6, 6.07) is 11.0. The van der Waals surface area contributed by atoms with Gasteiger partial charge in [-0.15, -0.1) is 0 Å². The molecule has 13 nitrogen and oxygen atoms in total. The van der Waals surface area contributed by atoms with Gasteiger partial charge in [0, 0.05) is 18.3 Å². The molecule has 0 aliphatic carbocycles. The Bertz CT molecular complexity index is 1280. The number of carbonyl (C=O) groups is 6. The van der Waals surface area contributed by atoms with Crippen molar-refractivity contribution >= 4 is 35.8 Å². The van der Waals surface area contributed by atoms with Crippen LogP contribution in [-0.4, -0.2) is 82.7 Å². The van der Waals surface area contributed by atoms with Gasteiger partial charge in [0.2, 0.25) is 0 Å². The van der Waals surface area contributed by atoms with Crippen molar-refractivity contribution in [2.45, 2.75) is 58.8 Å². The van der Waals surface area contributed by atoms with E-state index in [9.17, 15) is 28.8 Å². The van der Waals surface area contributed by atoms with Gasteiger partial charge in [0.15, 0.2) is 0 Å². The van der Waals surface area contributed by atoms with Crippen LogP contribution in [0.2, 0.25) is 0 Å². The largest absolute Gasteiger partial charge is 0.481 e. The van der Waals surface area contributed by atoms with Gasteiger partial charge < -0.3 is 34.6 Å². The number of aliphatic hydroxyl groups excluding tert-OH is 1. The number of hydrogen-bond acceptors (Lipinski definition) is 10. The van der Waals surface area contributed by atoms with Gasteiger partial charge >= 0.3 is 35.8 Å². The molecule has 0 unspecified atom stereocenters. The number of aliphatic carboxylic acids is 1. The topological polar surface area (TPSA) is 211 Å². The monoisotopic (exact) mass is 632 g/mol. The Kier molecular flexibility index (Phi) is 17.2. The van der Waals surface area contributed by atoms with Crippen molar-refractivity contribution in [1.82, 2.24) is 0 Å². The van der Waals surface area contributed by atoms with E-state index in [1.165, 1.54) is 48.5 Å². The highest BCUT2D eigenvalue weighted by Crippen LogP contribution is 2.15. The van der Waals surface area contributed by atoms with Crippen molar-refractivity contribution in [2.75, 3.05) is 26.4 Å². The number of rotatable bonds is 18. The predicted octanol–water partition coefficient (Wildman–Crippen LogP) is 4.46. The first-order valence-electron chi connectivity index (χ1n) is 14.2. The van der Waals surface area contributed by atoms with Crippen molar-refractivity contribution < 1.29 is 63.4 Å². The van der Waals surface area contributed by atoms with Crippen molar-refractivity contribution in [3.05, 3.63) is 70.8 Å². The third-order valence-electron chi connectivity index (χ3n) is 6.09. The lowest BCUT2D eigenvalue weighted by Crippen LogP contribution is -2.25. The maximum Gasteiger partial charge on any atom is 0.338 e. The number of carbonyl (C=O) groups excluding carboxylic acids is 3. The molecule has 2 aromatic carbocycles. The van der Waals surface area contributed by atoms with Crippen LogP contribution in [-0.2, 0) is 23.8 Å². The van der Waals surface area contributed by atoms with E-state index in [-0.39, 0.29) is 67.5 Å². The molecule has 0 saturated heterocycles. The highest BCUT2D eigenvalue weighted by Gasteiger charge is 2.20. The molecule has 0 bridgehead atoms. The average molecular weight is 633 g/mol. The maximum atomic E-state index is 11.8. The zero-order valence-corrected chi connectivity index (χ0v) is 25.4. The van der Waals surface area contributed by atoms with Gasteiger partial charge in [0.25, 0.3) is 0 Å². The summed E-state index contributed by atoms with van der Waals surface area (Å²) in [5, 5.41) is 35.1. The number of aromatic carboxylic acids is 2. The van der Waals surface area contributed by atoms with Crippen molar-refractivity contribution in [1.29, 1.82) is 0 Å². The molecule has 246 valence electrons. The minimum absolute atomic E-state index is 0.0150. The van der Waals surface area contributed by atoms with E-state index in [2.05, 4.69) is 0 Å². The van der Waals surface area contributed by atoms with E-state index in [1.54, 1.807) is 13.8 Å². The summed E-state index contributed by atoms with van der Waals surface area (Å²) in [5.74, 6) is -4.58. The lowest BCUT2D eigenvalue weighted by molar-refractivity contribution is -0.144. The zero-order valence-electron chi connectivity index (χ0n) is 25.4. The number of aliphatic hydroxyl groups is 1. The van der Waals surface area contributed by atoms with Crippen LogP contribution in [0.15, 0.2) is 48.5 Å². The fourth-order valence-electron chi connectivity index (χ4n) is 3.44. The SMILES string of the molecule is CC(C)(CO)COC(=O)c1ccc(C(=O)O)cc1.O=C(O)CCCCCCCC(=O)OCCOC(=O)c1cccc(C(=O)O)c1. The summed E-state index contributed by atoms with van der Waals surface area (Å²) >= 11 is 0. The molecular weight excluding hydrogens is 592 g/mol. The predicted molar refractivity (Wildman–Crippen MR) is 159 cm³/mol. The number of carboxylic acid groups (broad SMARTS) is 3. The maximum absolute atomic E-state index is 11.8. The lowest BCUT2D eigenvalue weighted by atomic mass is 9.96. The molecule has 0 fully saturated rings. The molecule has 0 aromatic heterocycles. The molecular formula is C32H40O13. The fourth-order valence-corrected chi connectivity index (χ4v) is 3.44. The highest BCUT2D eigenvalue weighted by molar-refractivity contribution is 5.94. The Morgan fingerprint density at radius 3 is 1.71 bits per heavy atom. The summed E-state index contributed by atoms with van der Waals surface area (Å²) < 4.78 is 14.9. The first-order chi connectivity index (χ1) is 21.3. The van der Waals surface area contributed by atoms with Crippen molar-refractivity contribution in [3.8, 4) is 0 Å². The molecule has 13 heteroatoms. The number of benzene rings is 2. The molecule has 0 spiro atoms. The molecule has 0 radical (unpaired) electrons. The van der Waals surface area contributed by atoms with Crippen LogP contribution in [0, 0.1) is 5.41 Å². The molecule has 0 amide bonds. The first kappa shape index (κ1) is 38.2. The van der Waals surface area contributed by atoms with E-state index in [1.807, 2.05) is 0 Å². The van der Waals surface area contributed by atoms with Gasteiger partial charge in [-0.1, -0.05) is 39.2 Å². The Labute approximate surface area is 260 Å². The molecule has 0 saturated carbocycles. The van der Waals surface area contributed by atoms with Crippen molar-refractivity contribution in [3.63, 3.8) is 0 Å². The van der Waals surface area contributed by atoms with E-state index in [4.69, 9.17) is 34.6 Å². The molecule has 0 heterocycles. The van der Waals surface area contributed by atoms with Gasteiger partial charge in [-0.2, -0.15) is 0 Å². The smallest absolute Gasteiger partial charge is 0.338 e. The molecule has 0 atom stereocenters. The van der Waals surface area contributed by atoms with Gasteiger partial charge in [-0.05, 0) is 55.3 Å². The summed E-state index contributed by atoms with van der Waals surface area (Å²) in [6.07, 6.45) is 4.24. The Morgan fingerprint density at radius 1 is 0.622 bits per heavy atom. The minimum atomic E-state index is -1.14. The van der Waals surface area contributed by atoms with Crippen molar-refractivity contribution in [2.24, 2.45) is 5.41 Å². The van der Waals surface area contributed by atoms with Gasteiger partial charge in [-0.3, -0.25) is 9.59 Å². The summed E-state index contributed by atoms with van der Waals surface area (Å²) in [6.45, 7) is 3.38. The lowest BCUT2D eigenvalue weighted by Gasteiger charge is -2.20. The Hall–Kier alpha value is -4.78. The van der Waals surface area contributed by atoms with Crippen LogP contribution in [0.5, 0.6) is 0 Å². The molecule has 45 heavy (non-hydrogen) atoms. The minimum Gasteiger partial charge on any atom is -0.481 e. The van der Waals surface area contributed by atoms with Crippen LogP contribution < -0.4 is 0 Å². The molecule has 0 aliphatic heterocycles. The average Bonchev–Trinajstić information content (AvgIpc) is 3.01. The summed E-state index contributed by atoms with van der Waals surface area (Å²) in [5.41, 5.74) is 0.00960. The Morgan fingerprint density at radius 2 is 1.13 bits per heavy atom. The third kappa shape index (κ3) is 16.6. The van der Waals surface area contributed by atoms with Crippen LogP contribution in [0.25, 0.3) is 0 Å². The highest BCUT2D eigenvalue weighted by atomic mass is 16.6. The Balaban J connectivity index is 0.000000487. The second-order valence-corrected chi connectivity index (χ2v) is 10.7. The summed E-state index contributed by atoms with van der Waals surface area (Å²) in [4.78, 5) is 66.8. The van der Waals surface area contributed by atoms with E-state index < -0.39 is 35.3 Å². The molecule has 2 aromatic rings. The zero-order chi connectivity index (χ0) is 33.8. The molecule has 2 rings (SSSR count). The number of ether oxygens (including phenoxy) is 3. The quantitative estimate of drug-likeness (QED) is 0.102.